The van der Waals surface area contributed by atoms with Gasteiger partial charge in [0.25, 0.3) is 15.9 Å². The Morgan fingerprint density at radius 1 is 0.964 bits per heavy atom. The molecule has 0 atom stereocenters. The lowest BCUT2D eigenvalue weighted by Crippen LogP contribution is -2.19. The van der Waals surface area contributed by atoms with E-state index in [0.717, 1.165) is 12.1 Å². The van der Waals surface area contributed by atoms with E-state index in [4.69, 9.17) is 11.6 Å². The van der Waals surface area contributed by atoms with E-state index in [0.29, 0.717) is 10.7 Å². The fourth-order valence-electron chi connectivity index (χ4n) is 2.51. The maximum Gasteiger partial charge on any atom is 0.261 e. The minimum absolute atomic E-state index is 0.0917. The summed E-state index contributed by atoms with van der Waals surface area (Å²) in [6, 6.07) is 16.3. The third kappa shape index (κ3) is 4.32. The normalized spacial score (nSPS) is 11.1. The number of sulfonamides is 1. The molecule has 28 heavy (non-hydrogen) atoms. The van der Waals surface area contributed by atoms with Crippen LogP contribution in [0.2, 0.25) is 5.02 Å². The van der Waals surface area contributed by atoms with E-state index in [2.05, 4.69) is 10.0 Å². The van der Waals surface area contributed by atoms with Gasteiger partial charge in [-0.15, -0.1) is 0 Å². The van der Waals surface area contributed by atoms with E-state index in [1.165, 1.54) is 25.1 Å². The minimum Gasteiger partial charge on any atom is -0.321 e. The Bertz CT molecular complexity index is 1150. The van der Waals surface area contributed by atoms with Gasteiger partial charge in [0.1, 0.15) is 5.82 Å². The summed E-state index contributed by atoms with van der Waals surface area (Å²) in [6.45, 7) is 1.47. The van der Waals surface area contributed by atoms with Crippen molar-refractivity contribution in [3.05, 3.63) is 88.7 Å². The van der Waals surface area contributed by atoms with Crippen molar-refractivity contribution in [2.75, 3.05) is 10.0 Å². The van der Waals surface area contributed by atoms with E-state index in [-0.39, 0.29) is 21.7 Å². The summed E-state index contributed by atoms with van der Waals surface area (Å²) >= 11 is 6.05. The van der Waals surface area contributed by atoms with Gasteiger partial charge < -0.3 is 5.32 Å². The molecule has 0 spiro atoms. The topological polar surface area (TPSA) is 75.3 Å². The number of nitrogens with one attached hydrogen (secondary N) is 2. The maximum atomic E-state index is 13.4. The van der Waals surface area contributed by atoms with E-state index >= 15 is 0 Å². The number of rotatable bonds is 5. The van der Waals surface area contributed by atoms with Crippen molar-refractivity contribution in [3.63, 3.8) is 0 Å². The Morgan fingerprint density at radius 3 is 2.29 bits per heavy atom. The van der Waals surface area contributed by atoms with Gasteiger partial charge in [-0.2, -0.15) is 0 Å². The number of hydrogen-bond acceptors (Lipinski definition) is 3. The number of anilines is 2. The molecule has 144 valence electrons. The molecule has 0 saturated heterocycles. The molecule has 3 aromatic carbocycles. The standard InChI is InChI=1S/C20H16ClFN2O3S/c1-13-12-14(10-11-17(13)22)28(26,27)24-18-8-4-2-6-15(18)20(25)23-19-9-5-3-7-16(19)21/h2-12,24H,1H3,(H,23,25). The molecule has 0 aliphatic carbocycles. The minimum atomic E-state index is -4.01. The summed E-state index contributed by atoms with van der Waals surface area (Å²) in [5.41, 5.74) is 0.812. The molecule has 5 nitrogen and oxygen atoms in total. The highest BCUT2D eigenvalue weighted by atomic mass is 35.5. The smallest absolute Gasteiger partial charge is 0.261 e. The zero-order valence-corrected chi connectivity index (χ0v) is 16.3. The molecule has 8 heteroatoms. The van der Waals surface area contributed by atoms with Crippen LogP contribution in [-0.4, -0.2) is 14.3 Å². The van der Waals surface area contributed by atoms with Crippen LogP contribution in [0.1, 0.15) is 15.9 Å². The summed E-state index contributed by atoms with van der Waals surface area (Å²) in [5.74, 6) is -1.03. The molecule has 1 amide bonds. The number of aryl methyl sites for hydroxylation is 1. The van der Waals surface area contributed by atoms with Crippen molar-refractivity contribution < 1.29 is 17.6 Å². The van der Waals surface area contributed by atoms with Crippen LogP contribution in [0.15, 0.2) is 71.6 Å². The fourth-order valence-corrected chi connectivity index (χ4v) is 3.86. The highest BCUT2D eigenvalue weighted by Gasteiger charge is 2.20. The Morgan fingerprint density at radius 2 is 1.61 bits per heavy atom. The van der Waals surface area contributed by atoms with Gasteiger partial charge in [0.2, 0.25) is 0 Å². The van der Waals surface area contributed by atoms with Gasteiger partial charge in [-0.25, -0.2) is 12.8 Å². The van der Waals surface area contributed by atoms with Crippen molar-refractivity contribution in [3.8, 4) is 0 Å². The molecule has 0 unspecified atom stereocenters. The molecule has 2 N–H and O–H groups in total. The molecule has 0 aliphatic rings. The predicted molar refractivity (Wildman–Crippen MR) is 108 cm³/mol. The van der Waals surface area contributed by atoms with Gasteiger partial charge in [-0.05, 0) is 55.0 Å². The number of amides is 1. The van der Waals surface area contributed by atoms with E-state index in [1.54, 1.807) is 36.4 Å². The van der Waals surface area contributed by atoms with Crippen molar-refractivity contribution in [1.29, 1.82) is 0 Å². The van der Waals surface area contributed by atoms with Gasteiger partial charge in [0, 0.05) is 0 Å². The third-order valence-electron chi connectivity index (χ3n) is 3.98. The van der Waals surface area contributed by atoms with E-state index in [9.17, 15) is 17.6 Å². The monoisotopic (exact) mass is 418 g/mol. The number of hydrogen-bond donors (Lipinski definition) is 2. The highest BCUT2D eigenvalue weighted by Crippen LogP contribution is 2.25. The fraction of sp³-hybridized carbons (Fsp3) is 0.0500. The van der Waals surface area contributed by atoms with Gasteiger partial charge in [0.15, 0.2) is 0 Å². The van der Waals surface area contributed by atoms with Crippen LogP contribution < -0.4 is 10.0 Å². The third-order valence-corrected chi connectivity index (χ3v) is 5.67. The Kier molecular flexibility index (Phi) is 5.67. The van der Waals surface area contributed by atoms with Gasteiger partial charge in [0.05, 0.1) is 26.9 Å². The summed E-state index contributed by atoms with van der Waals surface area (Å²) in [4.78, 5) is 12.6. The number of carbonyl (C=O) groups excluding carboxylic acids is 1. The lowest BCUT2D eigenvalue weighted by atomic mass is 10.1. The Balaban J connectivity index is 1.90. The molecule has 0 radical (unpaired) electrons. The first-order valence-electron chi connectivity index (χ1n) is 8.22. The van der Waals surface area contributed by atoms with Crippen molar-refractivity contribution in [2.45, 2.75) is 11.8 Å². The summed E-state index contributed by atoms with van der Waals surface area (Å²) in [7, 11) is -4.01. The van der Waals surface area contributed by atoms with Crippen LogP contribution in [0.3, 0.4) is 0 Å². The molecule has 3 rings (SSSR count). The molecule has 3 aromatic rings. The molecule has 0 heterocycles. The first kappa shape index (κ1) is 19.9. The van der Waals surface area contributed by atoms with Crippen LogP contribution in [0, 0.1) is 12.7 Å². The lowest BCUT2D eigenvalue weighted by molar-refractivity contribution is 0.102. The molecule has 0 fully saturated rings. The van der Waals surface area contributed by atoms with Crippen LogP contribution in [-0.2, 0) is 10.0 Å². The molecular weight excluding hydrogens is 403 g/mol. The summed E-state index contributed by atoms with van der Waals surface area (Å²) in [5, 5.41) is 3.01. The van der Waals surface area contributed by atoms with Gasteiger partial charge in [-0.3, -0.25) is 9.52 Å². The number of para-hydroxylation sites is 2. The number of benzene rings is 3. The predicted octanol–water partition coefficient (Wildman–Crippen LogP) is 4.84. The summed E-state index contributed by atoms with van der Waals surface area (Å²) in [6.07, 6.45) is 0. The van der Waals surface area contributed by atoms with Gasteiger partial charge >= 0.3 is 0 Å². The van der Waals surface area contributed by atoms with Crippen LogP contribution in [0.5, 0.6) is 0 Å². The lowest BCUT2D eigenvalue weighted by Gasteiger charge is -2.13. The second-order valence-corrected chi connectivity index (χ2v) is 8.09. The molecular formula is C20H16ClFN2O3S. The number of halogens is 2. The largest absolute Gasteiger partial charge is 0.321 e. The average Bonchev–Trinajstić information content (AvgIpc) is 2.66. The second kappa shape index (κ2) is 8.00. The molecule has 0 aromatic heterocycles. The van der Waals surface area contributed by atoms with Crippen LogP contribution >= 0.6 is 11.6 Å². The van der Waals surface area contributed by atoms with Crippen molar-refractivity contribution >= 4 is 38.9 Å². The van der Waals surface area contributed by atoms with Crippen molar-refractivity contribution in [2.24, 2.45) is 0 Å². The van der Waals surface area contributed by atoms with Crippen LogP contribution in [0.25, 0.3) is 0 Å². The quantitative estimate of drug-likeness (QED) is 0.622. The molecule has 0 bridgehead atoms. The Hall–Kier alpha value is -2.90. The SMILES string of the molecule is Cc1cc(S(=O)(=O)Nc2ccccc2C(=O)Nc2ccccc2Cl)ccc1F. The van der Waals surface area contributed by atoms with Gasteiger partial charge in [-0.1, -0.05) is 35.9 Å². The second-order valence-electron chi connectivity index (χ2n) is 6.00. The maximum absolute atomic E-state index is 13.4. The first-order chi connectivity index (χ1) is 13.3. The van der Waals surface area contributed by atoms with E-state index in [1.807, 2.05) is 0 Å². The zero-order chi connectivity index (χ0) is 20.3. The highest BCUT2D eigenvalue weighted by molar-refractivity contribution is 7.92. The number of carbonyl (C=O) groups is 1. The van der Waals surface area contributed by atoms with E-state index < -0.39 is 21.7 Å². The summed E-state index contributed by atoms with van der Waals surface area (Å²) < 4.78 is 41.2. The van der Waals surface area contributed by atoms with Crippen molar-refractivity contribution in [1.82, 2.24) is 0 Å². The average molecular weight is 419 g/mol. The molecule has 0 aliphatic heterocycles. The zero-order valence-electron chi connectivity index (χ0n) is 14.7. The first-order valence-corrected chi connectivity index (χ1v) is 10.1. The Labute approximate surface area is 167 Å². The van der Waals surface area contributed by atoms with Crippen LogP contribution in [0.4, 0.5) is 15.8 Å². The molecule has 0 saturated carbocycles.